The number of nitrogen functional groups attached to an aromatic ring is 1. The van der Waals surface area contributed by atoms with Gasteiger partial charge >= 0.3 is 0 Å². The smallest absolute Gasteiger partial charge is 0.181 e. The normalized spacial score (nSPS) is 11.6. The zero-order chi connectivity index (χ0) is 11.4. The van der Waals surface area contributed by atoms with E-state index in [1.54, 1.807) is 0 Å². The van der Waals surface area contributed by atoms with Crippen molar-refractivity contribution in [1.82, 2.24) is 10.3 Å². The first kappa shape index (κ1) is 11.1. The lowest BCUT2D eigenvalue weighted by Crippen LogP contribution is -2.05. The number of hydrogen-bond donors (Lipinski definition) is 2. The van der Waals surface area contributed by atoms with E-state index < -0.39 is 0 Å². The Morgan fingerprint density at radius 2 is 2.38 bits per heavy atom. The quantitative estimate of drug-likeness (QED) is 0.798. The SMILES string of the molecule is CNCCC=Cc1cccc2sc(N)nc12. The summed E-state index contributed by atoms with van der Waals surface area (Å²) in [4.78, 5) is 4.34. The second-order valence-corrected chi connectivity index (χ2v) is 4.60. The van der Waals surface area contributed by atoms with E-state index in [-0.39, 0.29) is 0 Å². The highest BCUT2D eigenvalue weighted by atomic mass is 32.1. The highest BCUT2D eigenvalue weighted by molar-refractivity contribution is 7.22. The Labute approximate surface area is 99.0 Å². The third-order valence-electron chi connectivity index (χ3n) is 2.33. The summed E-state index contributed by atoms with van der Waals surface area (Å²) in [6.07, 6.45) is 5.28. The summed E-state index contributed by atoms with van der Waals surface area (Å²) < 4.78 is 1.15. The third-order valence-corrected chi connectivity index (χ3v) is 3.17. The lowest BCUT2D eigenvalue weighted by atomic mass is 10.2. The molecule has 84 valence electrons. The molecule has 0 aliphatic rings. The molecule has 0 unspecified atom stereocenters. The van der Waals surface area contributed by atoms with Crippen molar-refractivity contribution in [1.29, 1.82) is 0 Å². The Morgan fingerprint density at radius 1 is 1.50 bits per heavy atom. The maximum absolute atomic E-state index is 5.71. The summed E-state index contributed by atoms with van der Waals surface area (Å²) in [5, 5.41) is 3.74. The fourth-order valence-corrected chi connectivity index (χ4v) is 2.33. The molecule has 1 aromatic carbocycles. The lowest BCUT2D eigenvalue weighted by molar-refractivity contribution is 0.809. The predicted molar refractivity (Wildman–Crippen MR) is 71.6 cm³/mol. The van der Waals surface area contributed by atoms with Gasteiger partial charge in [-0.3, -0.25) is 0 Å². The Morgan fingerprint density at radius 3 is 3.19 bits per heavy atom. The second kappa shape index (κ2) is 5.09. The molecule has 0 saturated carbocycles. The number of anilines is 1. The molecule has 2 rings (SSSR count). The molecule has 0 fully saturated rings. The minimum Gasteiger partial charge on any atom is -0.375 e. The van der Waals surface area contributed by atoms with Gasteiger partial charge < -0.3 is 11.1 Å². The van der Waals surface area contributed by atoms with Crippen molar-refractivity contribution in [3.8, 4) is 0 Å². The van der Waals surface area contributed by atoms with E-state index in [2.05, 4.69) is 28.5 Å². The first-order chi connectivity index (χ1) is 7.81. The molecule has 0 amide bonds. The van der Waals surface area contributed by atoms with Crippen molar-refractivity contribution < 1.29 is 0 Å². The number of thiazole rings is 1. The molecule has 3 N–H and O–H groups in total. The van der Waals surface area contributed by atoms with Crippen LogP contribution in [0.5, 0.6) is 0 Å². The standard InChI is InChI=1S/C12H15N3S/c1-14-8-3-2-5-9-6-4-7-10-11(9)15-12(13)16-10/h2,4-7,14H,3,8H2,1H3,(H2,13,15). The highest BCUT2D eigenvalue weighted by Gasteiger charge is 2.03. The molecular weight excluding hydrogens is 218 g/mol. The molecule has 0 atom stereocenters. The monoisotopic (exact) mass is 233 g/mol. The van der Waals surface area contributed by atoms with Gasteiger partial charge in [0, 0.05) is 5.56 Å². The predicted octanol–water partition coefficient (Wildman–Crippen LogP) is 2.50. The number of fused-ring (bicyclic) bond motifs is 1. The molecule has 3 nitrogen and oxygen atoms in total. The van der Waals surface area contributed by atoms with Gasteiger partial charge in [0.15, 0.2) is 5.13 Å². The number of benzene rings is 1. The Kier molecular flexibility index (Phi) is 3.54. The number of para-hydroxylation sites is 1. The van der Waals surface area contributed by atoms with Crippen LogP contribution in [0.1, 0.15) is 12.0 Å². The number of aromatic nitrogens is 1. The molecule has 0 bridgehead atoms. The van der Waals surface area contributed by atoms with E-state index >= 15 is 0 Å². The second-order valence-electron chi connectivity index (χ2n) is 3.54. The fraction of sp³-hybridized carbons (Fsp3) is 0.250. The van der Waals surface area contributed by atoms with Crippen LogP contribution < -0.4 is 11.1 Å². The molecule has 0 aliphatic carbocycles. The Bertz CT molecular complexity index is 502. The summed E-state index contributed by atoms with van der Waals surface area (Å²) in [6.45, 7) is 0.992. The molecule has 16 heavy (non-hydrogen) atoms. The maximum Gasteiger partial charge on any atom is 0.181 e. The largest absolute Gasteiger partial charge is 0.375 e. The van der Waals surface area contributed by atoms with Crippen molar-refractivity contribution in [2.45, 2.75) is 6.42 Å². The summed E-state index contributed by atoms with van der Waals surface area (Å²) in [5.41, 5.74) is 7.85. The average molecular weight is 233 g/mol. The maximum atomic E-state index is 5.71. The van der Waals surface area contributed by atoms with Crippen LogP contribution in [-0.4, -0.2) is 18.6 Å². The van der Waals surface area contributed by atoms with Crippen molar-refractivity contribution in [3.63, 3.8) is 0 Å². The molecule has 2 aromatic rings. The van der Waals surface area contributed by atoms with Gasteiger partial charge in [0.1, 0.15) is 0 Å². The number of nitrogens with zero attached hydrogens (tertiary/aromatic N) is 1. The Hall–Kier alpha value is -1.39. The molecule has 0 saturated heterocycles. The van der Waals surface area contributed by atoms with Crippen LogP contribution >= 0.6 is 11.3 Å². The van der Waals surface area contributed by atoms with Gasteiger partial charge in [-0.05, 0) is 26.1 Å². The fourth-order valence-electron chi connectivity index (χ4n) is 1.56. The van der Waals surface area contributed by atoms with E-state index in [0.29, 0.717) is 5.13 Å². The van der Waals surface area contributed by atoms with E-state index in [1.807, 2.05) is 19.2 Å². The van der Waals surface area contributed by atoms with E-state index in [0.717, 1.165) is 28.7 Å². The van der Waals surface area contributed by atoms with E-state index in [9.17, 15) is 0 Å². The minimum absolute atomic E-state index is 0.631. The van der Waals surface area contributed by atoms with Crippen LogP contribution in [0.15, 0.2) is 24.3 Å². The van der Waals surface area contributed by atoms with Crippen molar-refractivity contribution in [2.24, 2.45) is 0 Å². The van der Waals surface area contributed by atoms with Crippen LogP contribution in [0.3, 0.4) is 0 Å². The van der Waals surface area contributed by atoms with Gasteiger partial charge in [0.05, 0.1) is 10.2 Å². The minimum atomic E-state index is 0.631. The summed E-state index contributed by atoms with van der Waals surface area (Å²) in [5.74, 6) is 0. The summed E-state index contributed by atoms with van der Waals surface area (Å²) in [7, 11) is 1.95. The van der Waals surface area contributed by atoms with Crippen molar-refractivity contribution >= 4 is 32.8 Å². The van der Waals surface area contributed by atoms with Crippen LogP contribution in [0.25, 0.3) is 16.3 Å². The first-order valence-corrected chi connectivity index (χ1v) is 6.09. The molecule has 0 spiro atoms. The molecule has 4 heteroatoms. The van der Waals surface area contributed by atoms with Crippen LogP contribution in [0.2, 0.25) is 0 Å². The van der Waals surface area contributed by atoms with Gasteiger partial charge in [-0.2, -0.15) is 0 Å². The number of hydrogen-bond acceptors (Lipinski definition) is 4. The van der Waals surface area contributed by atoms with E-state index in [1.165, 1.54) is 11.3 Å². The zero-order valence-corrected chi connectivity index (χ0v) is 10.1. The molecule has 1 aromatic heterocycles. The van der Waals surface area contributed by atoms with Gasteiger partial charge in [-0.1, -0.05) is 35.6 Å². The zero-order valence-electron chi connectivity index (χ0n) is 9.23. The number of nitrogens with one attached hydrogen (secondary N) is 1. The van der Waals surface area contributed by atoms with Gasteiger partial charge in [-0.25, -0.2) is 4.98 Å². The first-order valence-electron chi connectivity index (χ1n) is 5.27. The highest BCUT2D eigenvalue weighted by Crippen LogP contribution is 2.26. The molecule has 1 heterocycles. The van der Waals surface area contributed by atoms with Gasteiger partial charge in [0.2, 0.25) is 0 Å². The lowest BCUT2D eigenvalue weighted by Gasteiger charge is -1.95. The molecule has 0 radical (unpaired) electrons. The van der Waals surface area contributed by atoms with Gasteiger partial charge in [-0.15, -0.1) is 0 Å². The van der Waals surface area contributed by atoms with Gasteiger partial charge in [0.25, 0.3) is 0 Å². The van der Waals surface area contributed by atoms with Crippen LogP contribution in [0.4, 0.5) is 5.13 Å². The number of rotatable bonds is 4. The summed E-state index contributed by atoms with van der Waals surface area (Å²) in [6, 6.07) is 6.16. The van der Waals surface area contributed by atoms with Crippen LogP contribution in [0, 0.1) is 0 Å². The molecular formula is C12H15N3S. The average Bonchev–Trinajstić information content (AvgIpc) is 2.65. The molecule has 0 aliphatic heterocycles. The van der Waals surface area contributed by atoms with Crippen LogP contribution in [-0.2, 0) is 0 Å². The number of nitrogens with two attached hydrogens (primary N) is 1. The topological polar surface area (TPSA) is 50.9 Å². The van der Waals surface area contributed by atoms with E-state index in [4.69, 9.17) is 5.73 Å². The van der Waals surface area contributed by atoms with Crippen molar-refractivity contribution in [3.05, 3.63) is 29.8 Å². The summed E-state index contributed by atoms with van der Waals surface area (Å²) >= 11 is 1.53. The third kappa shape index (κ3) is 2.40. The van der Waals surface area contributed by atoms with Crippen molar-refractivity contribution in [2.75, 3.05) is 19.3 Å². The Balaban J connectivity index is 2.26.